The minimum atomic E-state index is -1.38. The molecule has 0 aliphatic rings. The second-order valence-corrected chi connectivity index (χ2v) is 26.4. The number of hydrogen-bond acceptors (Lipinski definition) is 0. The van der Waals surface area contributed by atoms with Gasteiger partial charge in [0.2, 0.25) is 0 Å². The van der Waals surface area contributed by atoms with E-state index in [0.717, 1.165) is 0 Å². The fourth-order valence-electron chi connectivity index (χ4n) is 5.97. The Balaban J connectivity index is 3.07. The SMILES string of the molecule is CC(C)c1ccc(P(c2ccc(C(C)C)cc2[P+](C)(C(C)C)C(C)C)C(C)C)c([P+](C)(C(C)C)C(C)C)c1. The first-order chi connectivity index (χ1) is 17.4. The highest BCUT2D eigenvalue weighted by molar-refractivity contribution is 7.88. The summed E-state index contributed by atoms with van der Waals surface area (Å²) in [6, 6.07) is 15.4. The maximum Gasteiger partial charge on any atom is 0.102 e. The van der Waals surface area contributed by atoms with Gasteiger partial charge in [0.25, 0.3) is 0 Å². The van der Waals surface area contributed by atoms with Crippen molar-refractivity contribution < 1.29 is 0 Å². The molecule has 0 atom stereocenters. The lowest BCUT2D eigenvalue weighted by Crippen LogP contribution is -2.41. The summed E-state index contributed by atoms with van der Waals surface area (Å²) in [5, 5.41) is 6.80. The largest absolute Gasteiger partial charge is 0.102 e. The lowest BCUT2D eigenvalue weighted by atomic mass is 10.0. The standard InChI is InChI=1S/C35H61P3/c1-23(2)30-17-19-32(34(21-30)37(15,26(7)8)27(9)10)36(25(5)6)33-20-18-31(24(3)4)22-35(33)38(16,28(11)12)29(13)14/h17-29H,1-16H3/q+2. The van der Waals surface area contributed by atoms with Crippen LogP contribution in [0.1, 0.15) is 120 Å². The average molecular weight is 575 g/mol. The van der Waals surface area contributed by atoms with Crippen molar-refractivity contribution >= 4 is 43.7 Å². The molecule has 0 N–H and O–H groups in total. The molecule has 0 heterocycles. The molecular formula is C35H61P3+2. The van der Waals surface area contributed by atoms with Gasteiger partial charge < -0.3 is 0 Å². The molecule has 0 nitrogen and oxygen atoms in total. The zero-order valence-corrected chi connectivity index (χ0v) is 30.5. The van der Waals surface area contributed by atoms with E-state index in [2.05, 4.69) is 147 Å². The van der Waals surface area contributed by atoms with E-state index >= 15 is 0 Å². The number of rotatable bonds is 11. The maximum absolute atomic E-state index is 2.66. The molecule has 0 radical (unpaired) electrons. The highest BCUT2D eigenvalue weighted by Gasteiger charge is 2.48. The minimum absolute atomic E-state index is 0.487. The predicted molar refractivity (Wildman–Crippen MR) is 188 cm³/mol. The molecule has 0 amide bonds. The highest BCUT2D eigenvalue weighted by atomic mass is 31.2. The van der Waals surface area contributed by atoms with Crippen LogP contribution in [0.4, 0.5) is 0 Å². The van der Waals surface area contributed by atoms with Gasteiger partial charge in [-0.25, -0.2) is 0 Å². The highest BCUT2D eigenvalue weighted by Crippen LogP contribution is 2.65. The van der Waals surface area contributed by atoms with E-state index in [4.69, 9.17) is 0 Å². The summed E-state index contributed by atoms with van der Waals surface area (Å²) in [7, 11) is -3.24. The molecule has 2 aromatic rings. The second-order valence-electron chi connectivity index (χ2n) is 13.9. The Morgan fingerprint density at radius 1 is 0.474 bits per heavy atom. The summed E-state index contributed by atoms with van der Waals surface area (Å²) >= 11 is 0. The molecule has 0 saturated heterocycles. The summed E-state index contributed by atoms with van der Waals surface area (Å²) in [4.78, 5) is 0. The van der Waals surface area contributed by atoms with Gasteiger partial charge in [-0.05, 0) is 116 Å². The summed E-state index contributed by atoms with van der Waals surface area (Å²) in [6.07, 6.45) is 0. The molecule has 2 rings (SSSR count). The zero-order valence-electron chi connectivity index (χ0n) is 27.8. The van der Waals surface area contributed by atoms with Gasteiger partial charge in [0.15, 0.2) is 0 Å². The second kappa shape index (κ2) is 13.1. The Morgan fingerprint density at radius 2 is 0.763 bits per heavy atom. The topological polar surface area (TPSA) is 0 Å². The van der Waals surface area contributed by atoms with Crippen molar-refractivity contribution in [2.24, 2.45) is 0 Å². The van der Waals surface area contributed by atoms with Crippen LogP contribution in [0.3, 0.4) is 0 Å². The minimum Gasteiger partial charge on any atom is -0.0587 e. The lowest BCUT2D eigenvalue weighted by molar-refractivity contribution is 0.868. The molecular weight excluding hydrogens is 513 g/mol. The van der Waals surface area contributed by atoms with Gasteiger partial charge in [-0.15, -0.1) is 0 Å². The molecule has 38 heavy (non-hydrogen) atoms. The number of hydrogen-bond donors (Lipinski definition) is 0. The molecule has 0 unspecified atom stereocenters. The van der Waals surface area contributed by atoms with Crippen LogP contribution in [0.5, 0.6) is 0 Å². The Bertz CT molecular complexity index is 961. The van der Waals surface area contributed by atoms with Crippen LogP contribution in [-0.2, 0) is 0 Å². The van der Waals surface area contributed by atoms with Crippen LogP contribution < -0.4 is 21.2 Å². The first-order valence-corrected chi connectivity index (χ1v) is 21.4. The van der Waals surface area contributed by atoms with Gasteiger partial charge >= 0.3 is 0 Å². The van der Waals surface area contributed by atoms with Crippen molar-refractivity contribution in [1.82, 2.24) is 0 Å². The predicted octanol–water partition coefficient (Wildman–Crippen LogP) is 9.95. The number of benzene rings is 2. The average Bonchev–Trinajstić information content (AvgIpc) is 2.82. The van der Waals surface area contributed by atoms with Crippen LogP contribution in [-0.4, -0.2) is 41.6 Å². The third kappa shape index (κ3) is 6.45. The van der Waals surface area contributed by atoms with Gasteiger partial charge in [0.1, 0.15) is 10.6 Å². The maximum atomic E-state index is 2.66. The van der Waals surface area contributed by atoms with Crippen LogP contribution in [0.25, 0.3) is 0 Å². The molecule has 3 heteroatoms. The molecule has 0 aromatic heterocycles. The molecule has 0 fully saturated rings. The van der Waals surface area contributed by atoms with Crippen LogP contribution in [0.2, 0.25) is 0 Å². The fraction of sp³-hybridized carbons (Fsp3) is 0.657. The van der Waals surface area contributed by atoms with Gasteiger partial charge in [-0.2, -0.15) is 0 Å². The summed E-state index contributed by atoms with van der Waals surface area (Å²) in [5.74, 6) is 1.11. The molecule has 0 aliphatic carbocycles. The van der Waals surface area contributed by atoms with Gasteiger partial charge in [-0.1, -0.05) is 53.7 Å². The molecule has 2 aromatic carbocycles. The molecule has 0 aliphatic heterocycles. The van der Waals surface area contributed by atoms with Gasteiger partial charge in [0.05, 0.1) is 36.0 Å². The Kier molecular flexibility index (Phi) is 11.7. The smallest absolute Gasteiger partial charge is 0.0587 e. The summed E-state index contributed by atoms with van der Waals surface area (Å²) < 4.78 is 0. The first-order valence-electron chi connectivity index (χ1n) is 15.2. The Hall–Kier alpha value is -0.270. The third-order valence-corrected chi connectivity index (χ3v) is 24.3. The summed E-state index contributed by atoms with van der Waals surface area (Å²) in [6.45, 7) is 39.6. The quantitative estimate of drug-likeness (QED) is 0.234. The third-order valence-electron chi connectivity index (χ3n) is 9.70. The van der Waals surface area contributed by atoms with Crippen molar-refractivity contribution in [3.63, 3.8) is 0 Å². The van der Waals surface area contributed by atoms with Crippen molar-refractivity contribution in [3.05, 3.63) is 47.5 Å². The van der Waals surface area contributed by atoms with Crippen molar-refractivity contribution in [2.75, 3.05) is 13.3 Å². The van der Waals surface area contributed by atoms with Crippen LogP contribution in [0.15, 0.2) is 36.4 Å². The molecule has 214 valence electrons. The normalized spacial score (nSPS) is 13.6. The Labute approximate surface area is 241 Å². The monoisotopic (exact) mass is 574 g/mol. The van der Waals surface area contributed by atoms with E-state index in [-0.39, 0.29) is 0 Å². The lowest BCUT2D eigenvalue weighted by Gasteiger charge is -2.38. The van der Waals surface area contributed by atoms with Crippen molar-refractivity contribution in [2.45, 2.75) is 137 Å². The van der Waals surface area contributed by atoms with Gasteiger partial charge in [0, 0.05) is 25.1 Å². The fourth-order valence-corrected chi connectivity index (χ4v) is 17.0. The van der Waals surface area contributed by atoms with E-state index in [1.54, 1.807) is 21.2 Å². The first kappa shape index (κ1) is 33.9. The van der Waals surface area contributed by atoms with E-state index < -0.39 is 22.4 Å². The zero-order chi connectivity index (χ0) is 29.3. The van der Waals surface area contributed by atoms with E-state index in [1.165, 1.54) is 11.1 Å². The van der Waals surface area contributed by atoms with Crippen molar-refractivity contribution in [1.29, 1.82) is 0 Å². The van der Waals surface area contributed by atoms with Crippen LogP contribution in [0, 0.1) is 0 Å². The van der Waals surface area contributed by atoms with E-state index in [0.29, 0.717) is 40.1 Å². The Morgan fingerprint density at radius 3 is 0.974 bits per heavy atom. The van der Waals surface area contributed by atoms with Crippen LogP contribution >= 0.6 is 22.4 Å². The molecule has 0 saturated carbocycles. The van der Waals surface area contributed by atoms with E-state index in [1.807, 2.05) is 0 Å². The van der Waals surface area contributed by atoms with E-state index in [9.17, 15) is 0 Å². The molecule has 0 spiro atoms. The van der Waals surface area contributed by atoms with Gasteiger partial charge in [-0.3, -0.25) is 0 Å². The van der Waals surface area contributed by atoms with Crippen molar-refractivity contribution in [3.8, 4) is 0 Å². The summed E-state index contributed by atoms with van der Waals surface area (Å²) in [5.41, 5.74) is 6.33. The molecule has 0 bridgehead atoms.